The van der Waals surface area contributed by atoms with Gasteiger partial charge in [0.1, 0.15) is 6.17 Å². The fourth-order valence-electron chi connectivity index (χ4n) is 1.14. The zero-order chi connectivity index (χ0) is 6.91. The van der Waals surface area contributed by atoms with Gasteiger partial charge in [-0.2, -0.15) is 0 Å². The summed E-state index contributed by atoms with van der Waals surface area (Å²) in [5.41, 5.74) is -0.141. The van der Waals surface area contributed by atoms with Crippen LogP contribution in [0, 0.1) is 5.41 Å². The van der Waals surface area contributed by atoms with E-state index in [9.17, 15) is 4.39 Å². The highest BCUT2D eigenvalue weighted by atomic mass is 35.5. The van der Waals surface area contributed by atoms with Crippen molar-refractivity contribution in [2.75, 3.05) is 13.1 Å². The summed E-state index contributed by atoms with van der Waals surface area (Å²) < 4.78 is 12.9. The Morgan fingerprint density at radius 2 is 2.10 bits per heavy atom. The predicted molar refractivity (Wildman–Crippen MR) is 43.4 cm³/mol. The topological polar surface area (TPSA) is 12.0 Å². The van der Waals surface area contributed by atoms with Crippen LogP contribution in [0.15, 0.2) is 0 Å². The molecule has 0 aromatic heterocycles. The molecular weight excluding hydrogens is 153 g/mol. The van der Waals surface area contributed by atoms with Crippen molar-refractivity contribution in [1.29, 1.82) is 0 Å². The van der Waals surface area contributed by atoms with Crippen LogP contribution in [0.3, 0.4) is 0 Å². The first-order valence-electron chi connectivity index (χ1n) is 3.48. The van der Waals surface area contributed by atoms with E-state index < -0.39 is 6.17 Å². The maximum absolute atomic E-state index is 12.9. The fourth-order valence-corrected chi connectivity index (χ4v) is 1.14. The standard InChI is InChI=1S/C7H14FN.ClH/c1-7(2)5-9-4-3-6(7)8;/h6,9H,3-5H2,1-2H3;1H/t6-;/m0./s1. The summed E-state index contributed by atoms with van der Waals surface area (Å²) >= 11 is 0. The van der Waals surface area contributed by atoms with Gasteiger partial charge in [-0.25, -0.2) is 4.39 Å². The maximum atomic E-state index is 12.9. The summed E-state index contributed by atoms with van der Waals surface area (Å²) in [7, 11) is 0. The molecule has 0 unspecified atom stereocenters. The van der Waals surface area contributed by atoms with E-state index in [-0.39, 0.29) is 17.8 Å². The Balaban J connectivity index is 0.000000810. The van der Waals surface area contributed by atoms with Crippen LogP contribution in [0.25, 0.3) is 0 Å². The lowest BCUT2D eigenvalue weighted by Gasteiger charge is -2.33. The molecule has 0 bridgehead atoms. The van der Waals surface area contributed by atoms with Crippen LogP contribution in [0.5, 0.6) is 0 Å². The second kappa shape index (κ2) is 3.54. The number of nitrogens with one attached hydrogen (secondary N) is 1. The minimum Gasteiger partial charge on any atom is -0.316 e. The van der Waals surface area contributed by atoms with Crippen LogP contribution >= 0.6 is 12.4 Å². The molecule has 10 heavy (non-hydrogen) atoms. The summed E-state index contributed by atoms with van der Waals surface area (Å²) in [6.07, 6.45) is 0.0613. The van der Waals surface area contributed by atoms with Gasteiger partial charge in [0.25, 0.3) is 0 Å². The van der Waals surface area contributed by atoms with Gasteiger partial charge >= 0.3 is 0 Å². The van der Waals surface area contributed by atoms with E-state index in [0.29, 0.717) is 6.42 Å². The monoisotopic (exact) mass is 167 g/mol. The van der Waals surface area contributed by atoms with E-state index in [1.807, 2.05) is 13.8 Å². The molecule has 1 fully saturated rings. The van der Waals surface area contributed by atoms with Gasteiger partial charge in [0.2, 0.25) is 0 Å². The first-order valence-corrected chi connectivity index (χ1v) is 3.48. The third-order valence-corrected chi connectivity index (χ3v) is 2.00. The summed E-state index contributed by atoms with van der Waals surface area (Å²) in [6, 6.07) is 0. The number of rotatable bonds is 0. The van der Waals surface area contributed by atoms with Gasteiger partial charge < -0.3 is 5.32 Å². The first kappa shape index (κ1) is 10.2. The Kier molecular flexibility index (Phi) is 3.60. The van der Waals surface area contributed by atoms with Crippen molar-refractivity contribution in [2.24, 2.45) is 5.41 Å². The zero-order valence-corrected chi connectivity index (χ0v) is 7.30. The lowest BCUT2D eigenvalue weighted by atomic mass is 9.83. The average Bonchev–Trinajstić information content (AvgIpc) is 1.77. The number of halogens is 2. The lowest BCUT2D eigenvalue weighted by Crippen LogP contribution is -2.43. The average molecular weight is 168 g/mol. The van der Waals surface area contributed by atoms with Crippen LogP contribution in [-0.4, -0.2) is 19.3 Å². The number of hydrogen-bond acceptors (Lipinski definition) is 1. The highest BCUT2D eigenvalue weighted by Crippen LogP contribution is 2.27. The van der Waals surface area contributed by atoms with Crippen LogP contribution in [0.4, 0.5) is 4.39 Å². The van der Waals surface area contributed by atoms with Gasteiger partial charge in [0, 0.05) is 12.0 Å². The number of alkyl halides is 1. The van der Waals surface area contributed by atoms with Crippen LogP contribution in [0.2, 0.25) is 0 Å². The molecular formula is C7H15ClFN. The second-order valence-electron chi connectivity index (χ2n) is 3.42. The molecule has 0 spiro atoms. The van der Waals surface area contributed by atoms with Crippen molar-refractivity contribution < 1.29 is 4.39 Å². The molecule has 1 rings (SSSR count). The Morgan fingerprint density at radius 1 is 1.50 bits per heavy atom. The smallest absolute Gasteiger partial charge is 0.108 e. The molecule has 1 atom stereocenters. The van der Waals surface area contributed by atoms with Gasteiger partial charge in [-0.1, -0.05) is 13.8 Å². The van der Waals surface area contributed by atoms with Crippen molar-refractivity contribution in [3.8, 4) is 0 Å². The maximum Gasteiger partial charge on any atom is 0.108 e. The van der Waals surface area contributed by atoms with E-state index >= 15 is 0 Å². The molecule has 1 N–H and O–H groups in total. The summed E-state index contributed by atoms with van der Waals surface area (Å²) in [5.74, 6) is 0. The van der Waals surface area contributed by atoms with Crippen molar-refractivity contribution in [3.05, 3.63) is 0 Å². The van der Waals surface area contributed by atoms with E-state index in [4.69, 9.17) is 0 Å². The quantitative estimate of drug-likeness (QED) is 0.580. The molecule has 62 valence electrons. The van der Waals surface area contributed by atoms with Crippen molar-refractivity contribution in [3.63, 3.8) is 0 Å². The summed E-state index contributed by atoms with van der Waals surface area (Å²) in [6.45, 7) is 5.58. The molecule has 1 heterocycles. The Bertz CT molecular complexity index is 106. The molecule has 1 aliphatic rings. The largest absolute Gasteiger partial charge is 0.316 e. The molecule has 0 aromatic rings. The van der Waals surface area contributed by atoms with Crippen LogP contribution < -0.4 is 5.32 Å². The third-order valence-electron chi connectivity index (χ3n) is 2.00. The Morgan fingerprint density at radius 3 is 2.40 bits per heavy atom. The highest BCUT2D eigenvalue weighted by molar-refractivity contribution is 5.85. The molecule has 1 nitrogen and oxygen atoms in total. The van der Waals surface area contributed by atoms with Crippen molar-refractivity contribution in [1.82, 2.24) is 5.32 Å². The Labute approximate surface area is 67.8 Å². The van der Waals surface area contributed by atoms with Crippen LogP contribution in [0.1, 0.15) is 20.3 Å². The Hall–Kier alpha value is 0.180. The SMILES string of the molecule is CC1(C)CNCC[C@@H]1F.Cl. The minimum atomic E-state index is -0.612. The molecule has 0 radical (unpaired) electrons. The molecule has 3 heteroatoms. The number of hydrogen-bond donors (Lipinski definition) is 1. The van der Waals surface area contributed by atoms with E-state index in [1.54, 1.807) is 0 Å². The van der Waals surface area contributed by atoms with E-state index in [0.717, 1.165) is 13.1 Å². The van der Waals surface area contributed by atoms with Gasteiger partial charge in [-0.05, 0) is 13.0 Å². The second-order valence-corrected chi connectivity index (χ2v) is 3.42. The predicted octanol–water partition coefficient (Wildman–Crippen LogP) is 1.77. The zero-order valence-electron chi connectivity index (χ0n) is 6.48. The van der Waals surface area contributed by atoms with Crippen molar-refractivity contribution >= 4 is 12.4 Å². The van der Waals surface area contributed by atoms with E-state index in [2.05, 4.69) is 5.32 Å². The molecule has 1 saturated heterocycles. The van der Waals surface area contributed by atoms with Gasteiger partial charge in [-0.3, -0.25) is 0 Å². The summed E-state index contributed by atoms with van der Waals surface area (Å²) in [5, 5.41) is 3.17. The molecule has 1 aliphatic heterocycles. The minimum absolute atomic E-state index is 0. The van der Waals surface area contributed by atoms with Gasteiger partial charge in [0.05, 0.1) is 0 Å². The molecule has 0 saturated carbocycles. The highest BCUT2D eigenvalue weighted by Gasteiger charge is 2.31. The van der Waals surface area contributed by atoms with Gasteiger partial charge in [-0.15, -0.1) is 12.4 Å². The number of piperidine rings is 1. The van der Waals surface area contributed by atoms with Gasteiger partial charge in [0.15, 0.2) is 0 Å². The lowest BCUT2D eigenvalue weighted by molar-refractivity contribution is 0.104. The molecule has 0 aromatic carbocycles. The fraction of sp³-hybridized carbons (Fsp3) is 1.00. The third kappa shape index (κ3) is 2.10. The molecule has 0 aliphatic carbocycles. The van der Waals surface area contributed by atoms with Crippen molar-refractivity contribution in [2.45, 2.75) is 26.4 Å². The first-order chi connectivity index (χ1) is 4.13. The summed E-state index contributed by atoms with van der Waals surface area (Å²) in [4.78, 5) is 0. The van der Waals surface area contributed by atoms with Crippen LogP contribution in [-0.2, 0) is 0 Å². The normalized spacial score (nSPS) is 30.9. The van der Waals surface area contributed by atoms with E-state index in [1.165, 1.54) is 0 Å². The molecule has 0 amide bonds.